The average Bonchev–Trinajstić information content (AvgIpc) is 2.40. The van der Waals surface area contributed by atoms with Gasteiger partial charge < -0.3 is 5.11 Å². The first-order valence-corrected chi connectivity index (χ1v) is 7.80. The minimum atomic E-state index is -0.277. The molecule has 0 radical (unpaired) electrons. The summed E-state index contributed by atoms with van der Waals surface area (Å²) in [4.78, 5) is 0. The summed E-state index contributed by atoms with van der Waals surface area (Å²) in [5.74, 6) is 0.309. The van der Waals surface area contributed by atoms with Crippen LogP contribution >= 0.6 is 0 Å². The topological polar surface area (TPSA) is 20.2 Å². The lowest BCUT2D eigenvalue weighted by Gasteiger charge is -2.34. The summed E-state index contributed by atoms with van der Waals surface area (Å²) in [6.07, 6.45) is 1.47. The molecule has 0 amide bonds. The molecule has 0 spiro atoms. The van der Waals surface area contributed by atoms with Gasteiger partial charge in [-0.2, -0.15) is 0 Å². The predicted molar refractivity (Wildman–Crippen MR) is 87.7 cm³/mol. The van der Waals surface area contributed by atoms with Crippen molar-refractivity contribution in [3.63, 3.8) is 0 Å². The van der Waals surface area contributed by atoms with Crippen molar-refractivity contribution < 1.29 is 5.11 Å². The molecule has 2 aromatic carbocycles. The third kappa shape index (κ3) is 2.89. The van der Waals surface area contributed by atoms with Crippen LogP contribution in [-0.4, -0.2) is 11.2 Å². The van der Waals surface area contributed by atoms with Gasteiger partial charge in [-0.3, -0.25) is 0 Å². The van der Waals surface area contributed by atoms with Crippen LogP contribution in [0.25, 0.3) is 0 Å². The highest BCUT2D eigenvalue weighted by molar-refractivity contribution is 5.41. The van der Waals surface area contributed by atoms with E-state index in [2.05, 4.69) is 69.3 Å². The van der Waals surface area contributed by atoms with E-state index in [-0.39, 0.29) is 11.5 Å². The molecule has 1 heteroatoms. The third-order valence-electron chi connectivity index (χ3n) is 4.62. The van der Waals surface area contributed by atoms with Gasteiger partial charge in [-0.15, -0.1) is 0 Å². The van der Waals surface area contributed by atoms with Crippen LogP contribution in [0.2, 0.25) is 0 Å². The lowest BCUT2D eigenvalue weighted by atomic mass is 9.73. The van der Waals surface area contributed by atoms with Gasteiger partial charge in [0.1, 0.15) is 0 Å². The van der Waals surface area contributed by atoms with Gasteiger partial charge in [-0.05, 0) is 40.5 Å². The zero-order valence-corrected chi connectivity index (χ0v) is 13.1. The second-order valence-corrected chi connectivity index (χ2v) is 7.23. The molecule has 110 valence electrons. The van der Waals surface area contributed by atoms with Crippen LogP contribution in [0.3, 0.4) is 0 Å². The Kier molecular flexibility index (Phi) is 3.62. The Labute approximate surface area is 127 Å². The van der Waals surface area contributed by atoms with Crippen molar-refractivity contribution in [2.75, 3.05) is 0 Å². The fourth-order valence-electron chi connectivity index (χ4n) is 3.17. The molecule has 0 aliphatic heterocycles. The molecule has 0 heterocycles. The summed E-state index contributed by atoms with van der Waals surface area (Å²) >= 11 is 0. The Morgan fingerprint density at radius 3 is 2.33 bits per heavy atom. The zero-order valence-electron chi connectivity index (χ0n) is 13.1. The minimum absolute atomic E-state index is 0.185. The van der Waals surface area contributed by atoms with Gasteiger partial charge >= 0.3 is 0 Å². The van der Waals surface area contributed by atoms with E-state index in [1.807, 2.05) is 0 Å². The van der Waals surface area contributed by atoms with Crippen LogP contribution in [0.5, 0.6) is 0 Å². The number of fused-ring (bicyclic) bond motifs is 1. The van der Waals surface area contributed by atoms with Gasteiger partial charge in [0.05, 0.1) is 6.10 Å². The molecule has 1 nitrogen and oxygen atoms in total. The van der Waals surface area contributed by atoms with Crippen molar-refractivity contribution in [3.05, 3.63) is 70.8 Å². The summed E-state index contributed by atoms with van der Waals surface area (Å²) in [5.41, 5.74) is 5.47. The maximum Gasteiger partial charge on any atom is 0.0652 e. The minimum Gasteiger partial charge on any atom is -0.392 e. The second-order valence-electron chi connectivity index (χ2n) is 7.23. The van der Waals surface area contributed by atoms with E-state index in [1.165, 1.54) is 22.3 Å². The van der Waals surface area contributed by atoms with E-state index in [1.54, 1.807) is 0 Å². The highest BCUT2D eigenvalue weighted by atomic mass is 16.3. The Morgan fingerprint density at radius 2 is 1.71 bits per heavy atom. The Morgan fingerprint density at radius 1 is 1.05 bits per heavy atom. The van der Waals surface area contributed by atoms with Gasteiger partial charge in [0.25, 0.3) is 0 Å². The van der Waals surface area contributed by atoms with E-state index >= 15 is 0 Å². The molecule has 3 rings (SSSR count). The van der Waals surface area contributed by atoms with Crippen molar-refractivity contribution >= 4 is 0 Å². The van der Waals surface area contributed by atoms with Crippen molar-refractivity contribution in [1.29, 1.82) is 0 Å². The van der Waals surface area contributed by atoms with Gasteiger partial charge in [0.2, 0.25) is 0 Å². The molecule has 0 saturated carbocycles. The molecule has 2 atom stereocenters. The summed E-state index contributed by atoms with van der Waals surface area (Å²) in [6, 6.07) is 17.2. The molecule has 2 aromatic rings. The lowest BCUT2D eigenvalue weighted by molar-refractivity contribution is 0.133. The molecule has 1 N–H and O–H groups in total. The SMILES string of the molecule is CC(C)(C)c1ccc(CC(O)C2Cc3ccccc32)cc1. The number of aliphatic hydroxyl groups is 1. The largest absolute Gasteiger partial charge is 0.392 e. The number of benzene rings is 2. The number of rotatable bonds is 3. The Bertz CT molecular complexity index is 619. The number of hydrogen-bond donors (Lipinski definition) is 1. The highest BCUT2D eigenvalue weighted by Gasteiger charge is 2.31. The second kappa shape index (κ2) is 5.31. The lowest BCUT2D eigenvalue weighted by Crippen LogP contribution is -2.30. The number of aliphatic hydroxyl groups excluding tert-OH is 1. The molecule has 0 saturated heterocycles. The fourth-order valence-corrected chi connectivity index (χ4v) is 3.17. The first-order valence-electron chi connectivity index (χ1n) is 7.80. The van der Waals surface area contributed by atoms with Crippen LogP contribution in [0.4, 0.5) is 0 Å². The van der Waals surface area contributed by atoms with Crippen LogP contribution < -0.4 is 0 Å². The normalized spacial score (nSPS) is 18.8. The van der Waals surface area contributed by atoms with Gasteiger partial charge in [0.15, 0.2) is 0 Å². The maximum atomic E-state index is 10.5. The highest BCUT2D eigenvalue weighted by Crippen LogP contribution is 2.38. The number of hydrogen-bond acceptors (Lipinski definition) is 1. The van der Waals surface area contributed by atoms with Crippen molar-refractivity contribution in [2.24, 2.45) is 0 Å². The monoisotopic (exact) mass is 280 g/mol. The molecule has 0 aromatic heterocycles. The molecule has 0 fully saturated rings. The molecule has 1 aliphatic rings. The van der Waals surface area contributed by atoms with Crippen molar-refractivity contribution in [1.82, 2.24) is 0 Å². The zero-order chi connectivity index (χ0) is 15.0. The van der Waals surface area contributed by atoms with Crippen molar-refractivity contribution in [2.45, 2.75) is 51.0 Å². The summed E-state index contributed by atoms with van der Waals surface area (Å²) in [5, 5.41) is 10.5. The fraction of sp³-hybridized carbons (Fsp3) is 0.400. The van der Waals surface area contributed by atoms with Crippen LogP contribution in [0.15, 0.2) is 48.5 Å². The summed E-state index contributed by atoms with van der Waals surface area (Å²) in [6.45, 7) is 6.67. The van der Waals surface area contributed by atoms with Crippen molar-refractivity contribution in [3.8, 4) is 0 Å². The Balaban J connectivity index is 1.68. The summed E-state index contributed by atoms with van der Waals surface area (Å²) < 4.78 is 0. The quantitative estimate of drug-likeness (QED) is 0.892. The predicted octanol–water partition coefficient (Wildman–Crippen LogP) is 4.23. The Hall–Kier alpha value is -1.60. The van der Waals surface area contributed by atoms with Gasteiger partial charge in [-0.25, -0.2) is 0 Å². The maximum absolute atomic E-state index is 10.5. The van der Waals surface area contributed by atoms with Crippen LogP contribution in [0, 0.1) is 0 Å². The first kappa shape index (κ1) is 14.3. The van der Waals surface area contributed by atoms with E-state index in [0.717, 1.165) is 12.8 Å². The van der Waals surface area contributed by atoms with Gasteiger partial charge in [-0.1, -0.05) is 69.3 Å². The first-order chi connectivity index (χ1) is 9.95. The van der Waals surface area contributed by atoms with E-state index in [9.17, 15) is 5.11 Å². The molecular weight excluding hydrogens is 256 g/mol. The summed E-state index contributed by atoms with van der Waals surface area (Å²) in [7, 11) is 0. The standard InChI is InChI=1S/C20H24O/c1-20(2,3)16-10-8-14(9-11-16)12-19(21)18-13-15-6-4-5-7-17(15)18/h4-11,18-19,21H,12-13H2,1-3H3. The van der Waals surface area contributed by atoms with E-state index in [0.29, 0.717) is 5.92 Å². The third-order valence-corrected chi connectivity index (χ3v) is 4.62. The molecule has 0 bridgehead atoms. The smallest absolute Gasteiger partial charge is 0.0652 e. The molecule has 1 aliphatic carbocycles. The van der Waals surface area contributed by atoms with E-state index in [4.69, 9.17) is 0 Å². The molecular formula is C20H24O. The van der Waals surface area contributed by atoms with Gasteiger partial charge in [0, 0.05) is 5.92 Å². The molecule has 2 unspecified atom stereocenters. The average molecular weight is 280 g/mol. The van der Waals surface area contributed by atoms with Crippen LogP contribution in [0.1, 0.15) is 48.9 Å². The van der Waals surface area contributed by atoms with Crippen LogP contribution in [-0.2, 0) is 18.3 Å². The molecule has 21 heavy (non-hydrogen) atoms. The van der Waals surface area contributed by atoms with E-state index < -0.39 is 0 Å².